The molecule has 3 heteroatoms. The standard InChI is InChI=1S/C10H11ClO2/c1-7-4-9(11)5-8(6-13)10(7)2-3-12/h3-5,13H,2,6H2,1H3. The Kier molecular flexibility index (Phi) is 3.46. The van der Waals surface area contributed by atoms with E-state index in [0.717, 1.165) is 23.0 Å². The number of halogens is 1. The summed E-state index contributed by atoms with van der Waals surface area (Å²) in [5.41, 5.74) is 2.56. The summed E-state index contributed by atoms with van der Waals surface area (Å²) in [5, 5.41) is 9.61. The van der Waals surface area contributed by atoms with Gasteiger partial charge in [0.25, 0.3) is 0 Å². The quantitative estimate of drug-likeness (QED) is 0.754. The molecule has 2 nitrogen and oxygen atoms in total. The minimum atomic E-state index is -0.0788. The molecule has 0 unspecified atom stereocenters. The molecular weight excluding hydrogens is 188 g/mol. The Morgan fingerprint density at radius 1 is 1.54 bits per heavy atom. The highest BCUT2D eigenvalue weighted by atomic mass is 35.5. The van der Waals surface area contributed by atoms with Crippen molar-refractivity contribution in [3.8, 4) is 0 Å². The Labute approximate surface area is 82.2 Å². The maximum atomic E-state index is 10.4. The van der Waals surface area contributed by atoms with E-state index in [1.54, 1.807) is 12.1 Å². The molecule has 0 aliphatic carbocycles. The van der Waals surface area contributed by atoms with E-state index in [1.165, 1.54) is 0 Å². The fourth-order valence-electron chi connectivity index (χ4n) is 1.36. The summed E-state index contributed by atoms with van der Waals surface area (Å²) in [7, 11) is 0. The maximum Gasteiger partial charge on any atom is 0.124 e. The normalized spacial score (nSPS) is 10.1. The number of hydrogen-bond acceptors (Lipinski definition) is 2. The molecule has 13 heavy (non-hydrogen) atoms. The smallest absolute Gasteiger partial charge is 0.124 e. The number of hydrogen-bond donors (Lipinski definition) is 1. The van der Waals surface area contributed by atoms with Crippen molar-refractivity contribution < 1.29 is 9.90 Å². The third-order valence-corrected chi connectivity index (χ3v) is 2.21. The molecule has 0 aliphatic heterocycles. The molecule has 1 N–H and O–H groups in total. The van der Waals surface area contributed by atoms with E-state index in [0.29, 0.717) is 11.4 Å². The first-order valence-electron chi connectivity index (χ1n) is 4.01. The van der Waals surface area contributed by atoms with Crippen molar-refractivity contribution in [3.63, 3.8) is 0 Å². The number of aliphatic hydroxyl groups is 1. The number of aliphatic hydroxyl groups excluding tert-OH is 1. The molecular formula is C10H11ClO2. The number of aryl methyl sites for hydroxylation is 1. The van der Waals surface area contributed by atoms with Crippen molar-refractivity contribution >= 4 is 17.9 Å². The summed E-state index contributed by atoms with van der Waals surface area (Å²) < 4.78 is 0. The monoisotopic (exact) mass is 198 g/mol. The van der Waals surface area contributed by atoms with Crippen molar-refractivity contribution in [3.05, 3.63) is 33.8 Å². The van der Waals surface area contributed by atoms with E-state index >= 15 is 0 Å². The Bertz CT molecular complexity index is 321. The molecule has 1 aromatic carbocycles. The second kappa shape index (κ2) is 4.40. The third kappa shape index (κ3) is 2.29. The number of aldehydes is 1. The molecule has 0 spiro atoms. The van der Waals surface area contributed by atoms with Crippen LogP contribution in [0.3, 0.4) is 0 Å². The predicted octanol–water partition coefficient (Wildman–Crippen LogP) is 1.88. The second-order valence-electron chi connectivity index (χ2n) is 2.89. The molecule has 0 atom stereocenters. The molecule has 0 fully saturated rings. The summed E-state index contributed by atoms with van der Waals surface area (Å²) in [4.78, 5) is 10.4. The van der Waals surface area contributed by atoms with Gasteiger partial charge in [-0.1, -0.05) is 11.6 Å². The van der Waals surface area contributed by atoms with E-state index in [4.69, 9.17) is 16.7 Å². The molecule has 0 aliphatic rings. The van der Waals surface area contributed by atoms with Gasteiger partial charge in [-0.3, -0.25) is 0 Å². The van der Waals surface area contributed by atoms with Crippen LogP contribution in [0.5, 0.6) is 0 Å². The third-order valence-electron chi connectivity index (χ3n) is 1.99. The molecule has 70 valence electrons. The van der Waals surface area contributed by atoms with Gasteiger partial charge in [-0.2, -0.15) is 0 Å². The van der Waals surface area contributed by atoms with E-state index in [1.807, 2.05) is 6.92 Å². The van der Waals surface area contributed by atoms with E-state index < -0.39 is 0 Å². The highest BCUT2D eigenvalue weighted by Crippen LogP contribution is 2.20. The summed E-state index contributed by atoms with van der Waals surface area (Å²) >= 11 is 5.80. The van der Waals surface area contributed by atoms with Crippen LogP contribution in [0.15, 0.2) is 12.1 Å². The predicted molar refractivity (Wildman–Crippen MR) is 51.9 cm³/mol. The zero-order valence-corrected chi connectivity index (χ0v) is 8.14. The van der Waals surface area contributed by atoms with Crippen molar-refractivity contribution in [1.82, 2.24) is 0 Å². The number of carbonyl (C=O) groups is 1. The Balaban J connectivity index is 3.20. The van der Waals surface area contributed by atoms with Crippen LogP contribution in [0.1, 0.15) is 16.7 Å². The van der Waals surface area contributed by atoms with Gasteiger partial charge in [-0.25, -0.2) is 0 Å². The van der Waals surface area contributed by atoms with Crippen LogP contribution in [-0.2, 0) is 17.8 Å². The van der Waals surface area contributed by atoms with Gasteiger partial charge in [-0.05, 0) is 35.7 Å². The van der Waals surface area contributed by atoms with Gasteiger partial charge < -0.3 is 9.90 Å². The minimum Gasteiger partial charge on any atom is -0.392 e. The Hall–Kier alpha value is -0.860. The lowest BCUT2D eigenvalue weighted by atomic mass is 10.0. The van der Waals surface area contributed by atoms with E-state index in [9.17, 15) is 4.79 Å². The average molecular weight is 199 g/mol. The summed E-state index contributed by atoms with van der Waals surface area (Å²) in [6, 6.07) is 3.48. The van der Waals surface area contributed by atoms with Gasteiger partial charge in [0.05, 0.1) is 6.61 Å². The minimum absolute atomic E-state index is 0.0788. The van der Waals surface area contributed by atoms with Crippen molar-refractivity contribution in [2.45, 2.75) is 20.0 Å². The fourth-order valence-corrected chi connectivity index (χ4v) is 1.65. The first kappa shape index (κ1) is 10.2. The number of benzene rings is 1. The molecule has 0 aromatic heterocycles. The van der Waals surface area contributed by atoms with Crippen LogP contribution in [0, 0.1) is 6.92 Å². The molecule has 0 heterocycles. The summed E-state index contributed by atoms with van der Waals surface area (Å²) in [6.45, 7) is 1.80. The second-order valence-corrected chi connectivity index (χ2v) is 3.33. The molecule has 1 rings (SSSR count). The highest BCUT2D eigenvalue weighted by Gasteiger charge is 2.05. The van der Waals surface area contributed by atoms with Crippen molar-refractivity contribution in [1.29, 1.82) is 0 Å². The maximum absolute atomic E-state index is 10.4. The van der Waals surface area contributed by atoms with Gasteiger partial charge >= 0.3 is 0 Å². The molecule has 1 aromatic rings. The molecule has 0 radical (unpaired) electrons. The molecule has 0 saturated carbocycles. The van der Waals surface area contributed by atoms with Crippen LogP contribution in [0.2, 0.25) is 5.02 Å². The van der Waals surface area contributed by atoms with Gasteiger partial charge in [0.2, 0.25) is 0 Å². The van der Waals surface area contributed by atoms with Crippen LogP contribution in [0.4, 0.5) is 0 Å². The van der Waals surface area contributed by atoms with Gasteiger partial charge in [0, 0.05) is 11.4 Å². The SMILES string of the molecule is Cc1cc(Cl)cc(CO)c1CC=O. The number of carbonyl (C=O) groups excluding carboxylic acids is 1. The zero-order chi connectivity index (χ0) is 9.84. The van der Waals surface area contributed by atoms with Gasteiger partial charge in [-0.15, -0.1) is 0 Å². The van der Waals surface area contributed by atoms with E-state index in [2.05, 4.69) is 0 Å². The van der Waals surface area contributed by atoms with Gasteiger partial charge in [0.1, 0.15) is 6.29 Å². The van der Waals surface area contributed by atoms with Crippen LogP contribution >= 0.6 is 11.6 Å². The largest absolute Gasteiger partial charge is 0.392 e. The van der Waals surface area contributed by atoms with Crippen LogP contribution in [0.25, 0.3) is 0 Å². The highest BCUT2D eigenvalue weighted by molar-refractivity contribution is 6.30. The summed E-state index contributed by atoms with van der Waals surface area (Å²) in [5.74, 6) is 0. The first-order valence-corrected chi connectivity index (χ1v) is 4.39. The van der Waals surface area contributed by atoms with Crippen LogP contribution < -0.4 is 0 Å². The summed E-state index contributed by atoms with van der Waals surface area (Å²) in [6.07, 6.45) is 1.16. The first-order chi connectivity index (χ1) is 6.19. The average Bonchev–Trinajstić information content (AvgIpc) is 2.09. The fraction of sp³-hybridized carbons (Fsp3) is 0.300. The van der Waals surface area contributed by atoms with Gasteiger partial charge in [0.15, 0.2) is 0 Å². The zero-order valence-electron chi connectivity index (χ0n) is 7.38. The topological polar surface area (TPSA) is 37.3 Å². The molecule has 0 amide bonds. The van der Waals surface area contributed by atoms with Crippen LogP contribution in [-0.4, -0.2) is 11.4 Å². The Morgan fingerprint density at radius 2 is 2.23 bits per heavy atom. The van der Waals surface area contributed by atoms with Crippen molar-refractivity contribution in [2.24, 2.45) is 0 Å². The number of rotatable bonds is 3. The lowest BCUT2D eigenvalue weighted by molar-refractivity contribution is -0.107. The molecule has 0 saturated heterocycles. The van der Waals surface area contributed by atoms with Crippen molar-refractivity contribution in [2.75, 3.05) is 0 Å². The Morgan fingerprint density at radius 3 is 2.77 bits per heavy atom. The molecule has 0 bridgehead atoms. The van der Waals surface area contributed by atoms with E-state index in [-0.39, 0.29) is 6.61 Å². The lowest BCUT2D eigenvalue weighted by Crippen LogP contribution is -1.98. The lowest BCUT2D eigenvalue weighted by Gasteiger charge is -2.08.